The van der Waals surface area contributed by atoms with Crippen LogP contribution in [0.5, 0.6) is 0 Å². The van der Waals surface area contributed by atoms with Gasteiger partial charge >= 0.3 is 0 Å². The Balaban J connectivity index is 2.43. The summed E-state index contributed by atoms with van der Waals surface area (Å²) in [5, 5.41) is 6.05. The minimum Gasteiger partial charge on any atom is -0.359 e. The Bertz CT molecular complexity index is 387. The summed E-state index contributed by atoms with van der Waals surface area (Å²) >= 11 is 0. The first-order chi connectivity index (χ1) is 8.95. The smallest absolute Gasteiger partial charge is 0.221 e. The maximum Gasteiger partial charge on any atom is 0.221 e. The number of hydrogen-bond donors (Lipinski definition) is 2. The number of benzene rings is 1. The van der Waals surface area contributed by atoms with E-state index in [9.17, 15) is 4.79 Å². The maximum atomic E-state index is 11.1. The lowest BCUT2D eigenvalue weighted by atomic mass is 9.79. The highest BCUT2D eigenvalue weighted by Gasteiger charge is 2.22. The zero-order valence-corrected chi connectivity index (χ0v) is 12.5. The second-order valence-electron chi connectivity index (χ2n) is 5.73. The molecule has 0 aliphatic carbocycles. The lowest BCUT2D eigenvalue weighted by Crippen LogP contribution is -2.35. The van der Waals surface area contributed by atoms with Crippen molar-refractivity contribution in [3.8, 4) is 0 Å². The first-order valence-corrected chi connectivity index (χ1v) is 6.95. The number of nitrogens with one attached hydrogen (secondary N) is 2. The normalized spacial score (nSPS) is 13.1. The molecule has 0 aliphatic heterocycles. The average molecular weight is 262 g/mol. The second kappa shape index (κ2) is 7.29. The van der Waals surface area contributed by atoms with Crippen LogP contribution in [0.4, 0.5) is 0 Å². The number of carbonyl (C=O) groups is 1. The van der Waals surface area contributed by atoms with E-state index in [1.54, 1.807) is 7.05 Å². The number of carbonyl (C=O) groups excluding carboxylic acids is 1. The van der Waals surface area contributed by atoms with Crippen LogP contribution in [-0.4, -0.2) is 25.5 Å². The molecule has 0 saturated heterocycles. The van der Waals surface area contributed by atoms with Gasteiger partial charge in [0, 0.05) is 26.1 Å². The highest BCUT2D eigenvalue weighted by Crippen LogP contribution is 2.27. The van der Waals surface area contributed by atoms with Gasteiger partial charge in [-0.2, -0.15) is 0 Å². The highest BCUT2D eigenvalue weighted by molar-refractivity contribution is 5.75. The largest absolute Gasteiger partial charge is 0.359 e. The van der Waals surface area contributed by atoms with Crippen molar-refractivity contribution in [1.82, 2.24) is 10.6 Å². The van der Waals surface area contributed by atoms with Gasteiger partial charge in [0.1, 0.15) is 0 Å². The minimum atomic E-state index is 0.0852. The average Bonchev–Trinajstić information content (AvgIpc) is 2.39. The molecule has 0 fully saturated rings. The maximum absolute atomic E-state index is 11.1. The summed E-state index contributed by atoms with van der Waals surface area (Å²) in [4.78, 5) is 11.1. The predicted molar refractivity (Wildman–Crippen MR) is 80.2 cm³/mol. The molecule has 0 bridgehead atoms. The van der Waals surface area contributed by atoms with Crippen molar-refractivity contribution in [3.05, 3.63) is 35.9 Å². The van der Waals surface area contributed by atoms with E-state index in [0.717, 1.165) is 13.0 Å². The molecule has 0 spiro atoms. The fraction of sp³-hybridized carbons (Fsp3) is 0.562. The van der Waals surface area contributed by atoms with Crippen molar-refractivity contribution < 1.29 is 4.79 Å². The third-order valence-corrected chi connectivity index (χ3v) is 3.50. The highest BCUT2D eigenvalue weighted by atomic mass is 16.1. The molecule has 1 amide bonds. The molecule has 0 radical (unpaired) electrons. The summed E-state index contributed by atoms with van der Waals surface area (Å²) in [6.45, 7) is 7.43. The van der Waals surface area contributed by atoms with Crippen LogP contribution in [0.3, 0.4) is 0 Å². The molecule has 1 rings (SSSR count). The summed E-state index contributed by atoms with van der Waals surface area (Å²) in [6, 6.07) is 11.0. The molecule has 1 aromatic carbocycles. The van der Waals surface area contributed by atoms with Gasteiger partial charge in [-0.3, -0.25) is 4.79 Å². The summed E-state index contributed by atoms with van der Waals surface area (Å²) in [5.74, 6) is 0.0852. The van der Waals surface area contributed by atoms with E-state index in [1.807, 2.05) is 6.07 Å². The zero-order chi connectivity index (χ0) is 14.3. The molecule has 0 aromatic heterocycles. The number of rotatable bonds is 7. The van der Waals surface area contributed by atoms with Crippen molar-refractivity contribution in [2.45, 2.75) is 45.1 Å². The molecule has 1 aromatic rings. The van der Waals surface area contributed by atoms with Crippen molar-refractivity contribution in [1.29, 1.82) is 0 Å². The van der Waals surface area contributed by atoms with Crippen LogP contribution in [-0.2, 0) is 10.2 Å². The molecule has 1 unspecified atom stereocenters. The Morgan fingerprint density at radius 1 is 1.26 bits per heavy atom. The lowest BCUT2D eigenvalue weighted by Gasteiger charge is -2.29. The third kappa shape index (κ3) is 5.43. The van der Waals surface area contributed by atoms with E-state index in [0.29, 0.717) is 12.5 Å². The topological polar surface area (TPSA) is 41.1 Å². The van der Waals surface area contributed by atoms with Crippen molar-refractivity contribution >= 4 is 5.91 Å². The van der Waals surface area contributed by atoms with E-state index in [-0.39, 0.29) is 11.3 Å². The Hall–Kier alpha value is -1.35. The first-order valence-electron chi connectivity index (χ1n) is 6.95. The fourth-order valence-electron chi connectivity index (χ4n) is 2.40. The van der Waals surface area contributed by atoms with Gasteiger partial charge in [0.2, 0.25) is 5.91 Å². The van der Waals surface area contributed by atoms with Gasteiger partial charge in [0.15, 0.2) is 0 Å². The predicted octanol–water partition coefficient (Wildman–Crippen LogP) is 2.47. The van der Waals surface area contributed by atoms with Gasteiger partial charge in [-0.25, -0.2) is 0 Å². The molecular formula is C16H26N2O. The van der Waals surface area contributed by atoms with E-state index >= 15 is 0 Å². The number of amides is 1. The Kier molecular flexibility index (Phi) is 6.03. The van der Waals surface area contributed by atoms with Gasteiger partial charge in [-0.15, -0.1) is 0 Å². The molecular weight excluding hydrogens is 236 g/mol. The van der Waals surface area contributed by atoms with Crippen LogP contribution in [0.15, 0.2) is 30.3 Å². The van der Waals surface area contributed by atoms with E-state index in [2.05, 4.69) is 55.7 Å². The molecule has 3 nitrogen and oxygen atoms in total. The fourth-order valence-corrected chi connectivity index (χ4v) is 2.40. The quantitative estimate of drug-likeness (QED) is 0.792. The molecule has 3 heteroatoms. The van der Waals surface area contributed by atoms with Gasteiger partial charge in [-0.1, -0.05) is 44.2 Å². The summed E-state index contributed by atoms with van der Waals surface area (Å²) < 4.78 is 0. The third-order valence-electron chi connectivity index (χ3n) is 3.50. The Morgan fingerprint density at radius 2 is 1.89 bits per heavy atom. The van der Waals surface area contributed by atoms with Crippen molar-refractivity contribution in [2.75, 3.05) is 13.6 Å². The molecule has 2 N–H and O–H groups in total. The standard InChI is InChI=1S/C16H26N2O/c1-13(18-11-10-15(19)17-4)12-16(2,3)14-8-6-5-7-9-14/h5-9,13,18H,10-12H2,1-4H3,(H,17,19). The van der Waals surface area contributed by atoms with Crippen LogP contribution in [0.2, 0.25) is 0 Å². The van der Waals surface area contributed by atoms with Crippen LogP contribution in [0, 0.1) is 0 Å². The van der Waals surface area contributed by atoms with Crippen LogP contribution < -0.4 is 10.6 Å². The van der Waals surface area contributed by atoms with E-state index < -0.39 is 0 Å². The number of hydrogen-bond acceptors (Lipinski definition) is 2. The van der Waals surface area contributed by atoms with E-state index in [1.165, 1.54) is 5.56 Å². The molecule has 19 heavy (non-hydrogen) atoms. The summed E-state index contributed by atoms with van der Waals surface area (Å²) in [7, 11) is 1.67. The van der Waals surface area contributed by atoms with Gasteiger partial charge in [0.25, 0.3) is 0 Å². The van der Waals surface area contributed by atoms with Crippen LogP contribution >= 0.6 is 0 Å². The van der Waals surface area contributed by atoms with Crippen LogP contribution in [0.1, 0.15) is 39.2 Å². The molecule has 0 saturated carbocycles. The Morgan fingerprint density at radius 3 is 2.47 bits per heavy atom. The summed E-state index contributed by atoms with van der Waals surface area (Å²) in [6.07, 6.45) is 1.58. The zero-order valence-electron chi connectivity index (χ0n) is 12.5. The van der Waals surface area contributed by atoms with Gasteiger partial charge in [0.05, 0.1) is 0 Å². The molecule has 0 heterocycles. The van der Waals surface area contributed by atoms with Crippen LogP contribution in [0.25, 0.3) is 0 Å². The SMILES string of the molecule is CNC(=O)CCNC(C)CC(C)(C)c1ccccc1. The van der Waals surface area contributed by atoms with Gasteiger partial charge in [-0.05, 0) is 24.3 Å². The monoisotopic (exact) mass is 262 g/mol. The lowest BCUT2D eigenvalue weighted by molar-refractivity contribution is -0.120. The summed E-state index contributed by atoms with van der Waals surface area (Å²) in [5.41, 5.74) is 1.50. The second-order valence-corrected chi connectivity index (χ2v) is 5.73. The molecule has 0 aliphatic rings. The van der Waals surface area contributed by atoms with E-state index in [4.69, 9.17) is 0 Å². The van der Waals surface area contributed by atoms with Gasteiger partial charge < -0.3 is 10.6 Å². The molecule has 106 valence electrons. The molecule has 1 atom stereocenters. The minimum absolute atomic E-state index is 0.0852. The Labute approximate surface area is 116 Å². The van der Waals surface area contributed by atoms with Crippen molar-refractivity contribution in [3.63, 3.8) is 0 Å². The van der Waals surface area contributed by atoms with Crippen molar-refractivity contribution in [2.24, 2.45) is 0 Å². The first kappa shape index (κ1) is 15.7.